The van der Waals surface area contributed by atoms with Crippen molar-refractivity contribution in [3.8, 4) is 0 Å². The average molecular weight is 320 g/mol. The van der Waals surface area contributed by atoms with Crippen LogP contribution < -0.4 is 0 Å². The zero-order chi connectivity index (χ0) is 17.0. The van der Waals surface area contributed by atoms with E-state index in [0.717, 1.165) is 0 Å². The quantitative estimate of drug-likeness (QED) is 0.858. The Morgan fingerprint density at radius 3 is 2.17 bits per heavy atom. The van der Waals surface area contributed by atoms with Crippen molar-refractivity contribution in [2.24, 2.45) is 5.41 Å². The summed E-state index contributed by atoms with van der Waals surface area (Å²) in [6.45, 7) is 7.96. The maximum atomic E-state index is 13.6. The molecule has 0 radical (unpaired) electrons. The Morgan fingerprint density at radius 1 is 1.04 bits per heavy atom. The van der Waals surface area contributed by atoms with Gasteiger partial charge in [0.25, 0.3) is 0 Å². The molecule has 0 unspecified atom stereocenters. The van der Waals surface area contributed by atoms with Crippen LogP contribution in [0.2, 0.25) is 0 Å². The second kappa shape index (κ2) is 7.11. The van der Waals surface area contributed by atoms with Crippen LogP contribution in [0.5, 0.6) is 0 Å². The van der Waals surface area contributed by atoms with Crippen molar-refractivity contribution in [3.05, 3.63) is 35.6 Å². The first kappa shape index (κ1) is 17.4. The van der Waals surface area contributed by atoms with Gasteiger partial charge in [0, 0.05) is 38.0 Å². The fourth-order valence-corrected chi connectivity index (χ4v) is 2.73. The molecule has 0 N–H and O–H groups in total. The number of carbonyl (C=O) groups is 2. The number of benzene rings is 1. The molecule has 0 atom stereocenters. The van der Waals surface area contributed by atoms with E-state index in [0.29, 0.717) is 44.6 Å². The Morgan fingerprint density at radius 2 is 1.61 bits per heavy atom. The van der Waals surface area contributed by atoms with E-state index < -0.39 is 5.41 Å². The molecule has 0 saturated carbocycles. The highest BCUT2D eigenvalue weighted by molar-refractivity contribution is 5.82. The van der Waals surface area contributed by atoms with Crippen molar-refractivity contribution in [2.75, 3.05) is 26.2 Å². The predicted octanol–water partition coefficient (Wildman–Crippen LogP) is 2.48. The van der Waals surface area contributed by atoms with Gasteiger partial charge in [-0.05, 0) is 18.1 Å². The van der Waals surface area contributed by atoms with Crippen LogP contribution in [0.3, 0.4) is 0 Å². The summed E-state index contributed by atoms with van der Waals surface area (Å²) >= 11 is 0. The Labute approximate surface area is 137 Å². The van der Waals surface area contributed by atoms with Gasteiger partial charge < -0.3 is 9.80 Å². The van der Waals surface area contributed by atoms with Gasteiger partial charge in [-0.1, -0.05) is 39.0 Å². The first-order valence-electron chi connectivity index (χ1n) is 8.09. The van der Waals surface area contributed by atoms with E-state index in [-0.39, 0.29) is 17.6 Å². The number of aryl methyl sites for hydroxylation is 1. The van der Waals surface area contributed by atoms with Crippen molar-refractivity contribution in [3.63, 3.8) is 0 Å². The number of hydrogen-bond donors (Lipinski definition) is 0. The van der Waals surface area contributed by atoms with Gasteiger partial charge in [-0.25, -0.2) is 4.39 Å². The van der Waals surface area contributed by atoms with E-state index in [1.165, 1.54) is 6.07 Å². The molecule has 1 aromatic carbocycles. The molecular formula is C18H25FN2O2. The Hall–Kier alpha value is -1.91. The highest BCUT2D eigenvalue weighted by Gasteiger charge is 2.30. The molecule has 5 heteroatoms. The summed E-state index contributed by atoms with van der Waals surface area (Å²) < 4.78 is 13.6. The fraction of sp³-hybridized carbons (Fsp3) is 0.556. The molecule has 126 valence electrons. The lowest BCUT2D eigenvalue weighted by atomic mass is 9.94. The summed E-state index contributed by atoms with van der Waals surface area (Å²) in [5, 5.41) is 0. The van der Waals surface area contributed by atoms with E-state index in [1.807, 2.05) is 25.7 Å². The standard InChI is InChI=1S/C18H25FN2O2/c1-18(2,3)17(23)21-12-10-20(11-13-21)16(22)9-8-14-6-4-5-7-15(14)19/h4-7H,8-13H2,1-3H3. The van der Waals surface area contributed by atoms with Gasteiger partial charge >= 0.3 is 0 Å². The van der Waals surface area contributed by atoms with Crippen LogP contribution in [0.15, 0.2) is 24.3 Å². The summed E-state index contributed by atoms with van der Waals surface area (Å²) in [7, 11) is 0. The van der Waals surface area contributed by atoms with Crippen LogP contribution in [0, 0.1) is 11.2 Å². The van der Waals surface area contributed by atoms with Crippen LogP contribution >= 0.6 is 0 Å². The minimum absolute atomic E-state index is 0.0242. The van der Waals surface area contributed by atoms with Crippen molar-refractivity contribution >= 4 is 11.8 Å². The van der Waals surface area contributed by atoms with Crippen molar-refractivity contribution in [1.29, 1.82) is 0 Å². The van der Waals surface area contributed by atoms with Gasteiger partial charge in [-0.2, -0.15) is 0 Å². The number of hydrogen-bond acceptors (Lipinski definition) is 2. The van der Waals surface area contributed by atoms with E-state index in [1.54, 1.807) is 23.1 Å². The molecule has 0 spiro atoms. The zero-order valence-electron chi connectivity index (χ0n) is 14.1. The van der Waals surface area contributed by atoms with Crippen LogP contribution in [0.25, 0.3) is 0 Å². The second-order valence-corrected chi connectivity index (χ2v) is 7.01. The molecule has 2 amide bonds. The summed E-state index contributed by atoms with van der Waals surface area (Å²) in [6, 6.07) is 6.55. The monoisotopic (exact) mass is 320 g/mol. The minimum Gasteiger partial charge on any atom is -0.339 e. The summed E-state index contributed by atoms with van der Waals surface area (Å²) in [5.74, 6) is -0.118. The maximum absolute atomic E-state index is 13.6. The topological polar surface area (TPSA) is 40.6 Å². The van der Waals surface area contributed by atoms with Crippen molar-refractivity contribution in [2.45, 2.75) is 33.6 Å². The maximum Gasteiger partial charge on any atom is 0.228 e. The number of rotatable bonds is 3. The predicted molar refractivity (Wildman–Crippen MR) is 87.3 cm³/mol. The van der Waals surface area contributed by atoms with Gasteiger partial charge in [0.2, 0.25) is 11.8 Å². The molecule has 4 nitrogen and oxygen atoms in total. The third kappa shape index (κ3) is 4.53. The van der Waals surface area contributed by atoms with Gasteiger partial charge in [0.1, 0.15) is 5.82 Å². The second-order valence-electron chi connectivity index (χ2n) is 7.01. The smallest absolute Gasteiger partial charge is 0.228 e. The first-order chi connectivity index (χ1) is 10.8. The van der Waals surface area contributed by atoms with Gasteiger partial charge in [0.15, 0.2) is 0 Å². The van der Waals surface area contributed by atoms with E-state index in [9.17, 15) is 14.0 Å². The number of carbonyl (C=O) groups excluding carboxylic acids is 2. The van der Waals surface area contributed by atoms with Gasteiger partial charge in [0.05, 0.1) is 0 Å². The molecule has 0 aliphatic carbocycles. The number of piperazine rings is 1. The van der Waals surface area contributed by atoms with Gasteiger partial charge in [-0.15, -0.1) is 0 Å². The first-order valence-corrected chi connectivity index (χ1v) is 8.09. The van der Waals surface area contributed by atoms with Gasteiger partial charge in [-0.3, -0.25) is 9.59 Å². The highest BCUT2D eigenvalue weighted by Crippen LogP contribution is 2.19. The normalized spacial score (nSPS) is 15.7. The summed E-state index contributed by atoms with van der Waals surface area (Å²) in [6.07, 6.45) is 0.709. The number of nitrogens with zero attached hydrogens (tertiary/aromatic N) is 2. The SMILES string of the molecule is CC(C)(C)C(=O)N1CCN(C(=O)CCc2ccccc2F)CC1. The Balaban J connectivity index is 1.82. The lowest BCUT2D eigenvalue weighted by Crippen LogP contribution is -2.53. The molecule has 2 rings (SSSR count). The highest BCUT2D eigenvalue weighted by atomic mass is 19.1. The van der Waals surface area contributed by atoms with Crippen LogP contribution in [0.4, 0.5) is 4.39 Å². The molecule has 23 heavy (non-hydrogen) atoms. The fourth-order valence-electron chi connectivity index (χ4n) is 2.73. The molecule has 1 aliphatic heterocycles. The number of amides is 2. The molecule has 0 aromatic heterocycles. The largest absolute Gasteiger partial charge is 0.339 e. The average Bonchev–Trinajstić information content (AvgIpc) is 2.52. The third-order valence-corrected chi connectivity index (χ3v) is 4.13. The molecule has 1 fully saturated rings. The molecule has 1 heterocycles. The zero-order valence-corrected chi connectivity index (χ0v) is 14.1. The lowest BCUT2D eigenvalue weighted by Gasteiger charge is -2.37. The summed E-state index contributed by atoms with van der Waals surface area (Å²) in [5.41, 5.74) is 0.180. The number of halogens is 1. The molecular weight excluding hydrogens is 295 g/mol. The Bertz CT molecular complexity index is 573. The Kier molecular flexibility index (Phi) is 5.39. The van der Waals surface area contributed by atoms with Crippen molar-refractivity contribution < 1.29 is 14.0 Å². The van der Waals surface area contributed by atoms with Crippen LogP contribution in [-0.2, 0) is 16.0 Å². The van der Waals surface area contributed by atoms with E-state index in [2.05, 4.69) is 0 Å². The molecule has 1 aromatic rings. The molecule has 1 saturated heterocycles. The summed E-state index contributed by atoms with van der Waals surface area (Å²) in [4.78, 5) is 28.1. The van der Waals surface area contributed by atoms with Crippen LogP contribution in [-0.4, -0.2) is 47.8 Å². The third-order valence-electron chi connectivity index (χ3n) is 4.13. The van der Waals surface area contributed by atoms with Crippen molar-refractivity contribution in [1.82, 2.24) is 9.80 Å². The minimum atomic E-state index is -0.392. The lowest BCUT2D eigenvalue weighted by molar-refractivity contribution is -0.144. The van der Waals surface area contributed by atoms with Crippen LogP contribution in [0.1, 0.15) is 32.8 Å². The molecule has 1 aliphatic rings. The molecule has 0 bridgehead atoms. The van der Waals surface area contributed by atoms with E-state index >= 15 is 0 Å². The van der Waals surface area contributed by atoms with E-state index in [4.69, 9.17) is 0 Å².